The highest BCUT2D eigenvalue weighted by molar-refractivity contribution is 6.42. The summed E-state index contributed by atoms with van der Waals surface area (Å²) in [5, 5.41) is 3.43. The maximum absolute atomic E-state index is 12.7. The number of aromatic nitrogens is 2. The summed E-state index contributed by atoms with van der Waals surface area (Å²) in [6.07, 6.45) is 3.04. The van der Waals surface area contributed by atoms with E-state index in [1.165, 1.54) is 11.1 Å². The van der Waals surface area contributed by atoms with Crippen LogP contribution in [0, 0.1) is 0 Å². The largest absolute Gasteiger partial charge is 0.331 e. The molecule has 0 spiro atoms. The summed E-state index contributed by atoms with van der Waals surface area (Å²) >= 11 is 11.8. The Bertz CT molecular complexity index is 973. The summed E-state index contributed by atoms with van der Waals surface area (Å²) in [5.74, 6) is -0.671. The maximum Gasteiger partial charge on any atom is 0.272 e. The predicted octanol–water partition coefficient (Wildman–Crippen LogP) is 3.89. The van der Waals surface area contributed by atoms with Gasteiger partial charge < -0.3 is 10.2 Å². The fraction of sp³-hybridized carbons (Fsp3) is 0.105. The molecule has 0 bridgehead atoms. The summed E-state index contributed by atoms with van der Waals surface area (Å²) in [5.41, 5.74) is 1.68. The Morgan fingerprint density at radius 3 is 2.56 bits per heavy atom. The maximum atomic E-state index is 12.7. The first-order chi connectivity index (χ1) is 13.0. The van der Waals surface area contributed by atoms with Crippen molar-refractivity contribution in [3.05, 3.63) is 76.8 Å². The predicted molar refractivity (Wildman–Crippen MR) is 106 cm³/mol. The molecular formula is C19H16Cl2N4O2. The van der Waals surface area contributed by atoms with E-state index in [4.69, 9.17) is 23.2 Å². The number of rotatable bonds is 5. The van der Waals surface area contributed by atoms with Gasteiger partial charge in [0.2, 0.25) is 5.91 Å². The average Bonchev–Trinajstić information content (AvgIpc) is 3.14. The normalized spacial score (nSPS) is 10.5. The number of anilines is 1. The molecule has 2 aromatic carbocycles. The third-order valence-corrected chi connectivity index (χ3v) is 4.56. The minimum absolute atomic E-state index is 0.126. The second-order valence-corrected chi connectivity index (χ2v) is 6.64. The molecule has 0 saturated heterocycles. The number of nitrogens with zero attached hydrogens (tertiary/aromatic N) is 3. The van der Waals surface area contributed by atoms with Crippen LogP contribution in [0.3, 0.4) is 0 Å². The molecule has 1 aromatic heterocycles. The Labute approximate surface area is 166 Å². The molecule has 0 saturated carbocycles. The molecule has 0 radical (unpaired) electrons. The van der Waals surface area contributed by atoms with Gasteiger partial charge in [0.15, 0.2) is 0 Å². The highest BCUT2D eigenvalue weighted by Gasteiger charge is 2.19. The van der Waals surface area contributed by atoms with Crippen LogP contribution in [0.15, 0.2) is 61.1 Å². The number of halogens is 2. The Balaban J connectivity index is 1.68. The van der Waals surface area contributed by atoms with Gasteiger partial charge in [0.05, 0.1) is 29.1 Å². The van der Waals surface area contributed by atoms with Crippen molar-refractivity contribution in [3.63, 3.8) is 0 Å². The smallest absolute Gasteiger partial charge is 0.272 e. The molecule has 0 aliphatic rings. The quantitative estimate of drug-likeness (QED) is 0.703. The number of amides is 2. The van der Waals surface area contributed by atoms with Gasteiger partial charge in [-0.1, -0.05) is 41.4 Å². The molecule has 2 amide bonds. The number of carbonyl (C=O) groups is 2. The second-order valence-electron chi connectivity index (χ2n) is 5.82. The topological polar surface area (TPSA) is 67.2 Å². The van der Waals surface area contributed by atoms with Crippen molar-refractivity contribution >= 4 is 40.7 Å². The van der Waals surface area contributed by atoms with Gasteiger partial charge in [0.1, 0.15) is 5.69 Å². The van der Waals surface area contributed by atoms with Crippen molar-refractivity contribution in [3.8, 4) is 5.69 Å². The van der Waals surface area contributed by atoms with Crippen molar-refractivity contribution in [1.82, 2.24) is 14.5 Å². The van der Waals surface area contributed by atoms with Crippen molar-refractivity contribution in [1.29, 1.82) is 0 Å². The standard InChI is InChI=1S/C19H16Cl2N4O2/c1-24(11-18(26)23-13-7-8-15(20)16(21)9-13)19(27)17-10-22-12-25(17)14-5-3-2-4-6-14/h2-10,12H,11H2,1H3,(H,23,26). The molecule has 0 aliphatic heterocycles. The number of para-hydroxylation sites is 1. The molecule has 0 aliphatic carbocycles. The third-order valence-electron chi connectivity index (χ3n) is 3.82. The zero-order chi connectivity index (χ0) is 19.4. The molecule has 138 valence electrons. The van der Waals surface area contributed by atoms with Gasteiger partial charge in [-0.05, 0) is 30.3 Å². The fourth-order valence-electron chi connectivity index (χ4n) is 2.50. The molecule has 0 atom stereocenters. The molecule has 8 heteroatoms. The van der Waals surface area contributed by atoms with Gasteiger partial charge in [0, 0.05) is 18.4 Å². The van der Waals surface area contributed by atoms with Gasteiger partial charge in [-0.3, -0.25) is 14.2 Å². The molecule has 6 nitrogen and oxygen atoms in total. The lowest BCUT2D eigenvalue weighted by Crippen LogP contribution is -2.35. The van der Waals surface area contributed by atoms with E-state index in [2.05, 4.69) is 10.3 Å². The zero-order valence-corrected chi connectivity index (χ0v) is 15.9. The van der Waals surface area contributed by atoms with Crippen molar-refractivity contribution in [2.45, 2.75) is 0 Å². The minimum Gasteiger partial charge on any atom is -0.331 e. The molecule has 0 unspecified atom stereocenters. The van der Waals surface area contributed by atoms with Crippen LogP contribution < -0.4 is 5.32 Å². The monoisotopic (exact) mass is 402 g/mol. The molecule has 1 heterocycles. The second kappa shape index (κ2) is 8.24. The van der Waals surface area contributed by atoms with E-state index in [9.17, 15) is 9.59 Å². The first-order valence-corrected chi connectivity index (χ1v) is 8.79. The number of hydrogen-bond acceptors (Lipinski definition) is 3. The summed E-state index contributed by atoms with van der Waals surface area (Å²) < 4.78 is 1.68. The van der Waals surface area contributed by atoms with E-state index in [0.29, 0.717) is 21.4 Å². The van der Waals surface area contributed by atoms with Crippen LogP contribution in [-0.4, -0.2) is 39.9 Å². The van der Waals surface area contributed by atoms with Crippen LogP contribution in [0.2, 0.25) is 10.0 Å². The fourth-order valence-corrected chi connectivity index (χ4v) is 2.80. The first-order valence-electron chi connectivity index (χ1n) is 8.04. The number of carbonyl (C=O) groups excluding carboxylic acids is 2. The van der Waals surface area contributed by atoms with Gasteiger partial charge in [-0.25, -0.2) is 4.98 Å². The lowest BCUT2D eigenvalue weighted by molar-refractivity contribution is -0.116. The highest BCUT2D eigenvalue weighted by atomic mass is 35.5. The van der Waals surface area contributed by atoms with E-state index in [1.54, 1.807) is 36.1 Å². The van der Waals surface area contributed by atoms with Crippen molar-refractivity contribution in [2.24, 2.45) is 0 Å². The van der Waals surface area contributed by atoms with Gasteiger partial charge >= 0.3 is 0 Å². The molecule has 3 rings (SSSR count). The van der Waals surface area contributed by atoms with Crippen molar-refractivity contribution in [2.75, 3.05) is 18.9 Å². The average molecular weight is 403 g/mol. The van der Waals surface area contributed by atoms with Crippen LogP contribution in [-0.2, 0) is 4.79 Å². The number of nitrogens with one attached hydrogen (secondary N) is 1. The number of benzene rings is 2. The zero-order valence-electron chi connectivity index (χ0n) is 14.4. The highest BCUT2D eigenvalue weighted by Crippen LogP contribution is 2.25. The van der Waals surface area contributed by atoms with E-state index in [1.807, 2.05) is 30.3 Å². The first kappa shape index (κ1) is 18.9. The van der Waals surface area contributed by atoms with Crippen molar-refractivity contribution < 1.29 is 9.59 Å². The lowest BCUT2D eigenvalue weighted by atomic mass is 10.3. The minimum atomic E-state index is -0.352. The van der Waals surface area contributed by atoms with Crippen LogP contribution in [0.5, 0.6) is 0 Å². The van der Waals surface area contributed by atoms with Crippen LogP contribution in [0.25, 0.3) is 5.69 Å². The molecule has 0 fully saturated rings. The molecular weight excluding hydrogens is 387 g/mol. The summed E-state index contributed by atoms with van der Waals surface area (Å²) in [7, 11) is 1.55. The number of imidazole rings is 1. The van der Waals surface area contributed by atoms with Gasteiger partial charge in [-0.15, -0.1) is 0 Å². The molecule has 27 heavy (non-hydrogen) atoms. The lowest BCUT2D eigenvalue weighted by Gasteiger charge is -2.18. The van der Waals surface area contributed by atoms with Gasteiger partial charge in [0.25, 0.3) is 5.91 Å². The van der Waals surface area contributed by atoms with Crippen LogP contribution >= 0.6 is 23.2 Å². The summed E-state index contributed by atoms with van der Waals surface area (Å²) in [6, 6.07) is 14.2. The Kier molecular flexibility index (Phi) is 5.78. The van der Waals surface area contributed by atoms with E-state index in [0.717, 1.165) is 5.69 Å². The van der Waals surface area contributed by atoms with Gasteiger partial charge in [-0.2, -0.15) is 0 Å². The van der Waals surface area contributed by atoms with E-state index >= 15 is 0 Å². The summed E-state index contributed by atoms with van der Waals surface area (Å²) in [4.78, 5) is 30.4. The summed E-state index contributed by atoms with van der Waals surface area (Å²) in [6.45, 7) is -0.126. The Morgan fingerprint density at radius 2 is 1.85 bits per heavy atom. The Morgan fingerprint density at radius 1 is 1.11 bits per heavy atom. The number of likely N-dealkylation sites (N-methyl/N-ethyl adjacent to an activating group) is 1. The number of hydrogen-bond donors (Lipinski definition) is 1. The Hall–Kier alpha value is -2.83. The molecule has 1 N–H and O–H groups in total. The van der Waals surface area contributed by atoms with E-state index < -0.39 is 0 Å². The van der Waals surface area contributed by atoms with E-state index in [-0.39, 0.29) is 18.4 Å². The van der Waals surface area contributed by atoms with Crippen LogP contribution in [0.4, 0.5) is 5.69 Å². The van der Waals surface area contributed by atoms with Crippen LogP contribution in [0.1, 0.15) is 10.5 Å². The third kappa shape index (κ3) is 4.48. The molecule has 3 aromatic rings. The SMILES string of the molecule is CN(CC(=O)Nc1ccc(Cl)c(Cl)c1)C(=O)c1cncn1-c1ccccc1.